The van der Waals surface area contributed by atoms with Gasteiger partial charge in [0.1, 0.15) is 11.3 Å². The number of benzene rings is 2. The van der Waals surface area contributed by atoms with Crippen molar-refractivity contribution in [1.82, 2.24) is 14.5 Å². The van der Waals surface area contributed by atoms with Crippen LogP contribution in [0.25, 0.3) is 11.2 Å². The molecule has 2 aromatic heterocycles. The first-order chi connectivity index (χ1) is 18.0. The van der Waals surface area contributed by atoms with Crippen LogP contribution in [0.1, 0.15) is 30.9 Å². The van der Waals surface area contributed by atoms with E-state index in [1.54, 1.807) is 10.8 Å². The number of amides is 1. The zero-order valence-electron chi connectivity index (χ0n) is 21.2. The maximum atomic E-state index is 13.7. The molecule has 1 aliphatic rings. The number of hydrogen-bond donors (Lipinski definition) is 1. The molecule has 1 saturated heterocycles. The molecule has 0 unspecified atom stereocenters. The molecule has 0 saturated carbocycles. The third kappa shape index (κ3) is 5.48. The minimum Gasteiger partial charge on any atom is -0.494 e. The SMILES string of the molecule is CCOc1ccc(NC(=O)[C@@H]2CCCN(c3nc4cccnc4n(Cc4ccc(C)cc4)c3=O)C2)cc1. The third-order valence-electron chi connectivity index (χ3n) is 6.67. The zero-order chi connectivity index (χ0) is 25.8. The normalized spacial score (nSPS) is 15.5. The Morgan fingerprint density at radius 1 is 1.11 bits per heavy atom. The second-order valence-electron chi connectivity index (χ2n) is 9.39. The van der Waals surface area contributed by atoms with Crippen LogP contribution >= 0.6 is 0 Å². The molecule has 0 radical (unpaired) electrons. The fourth-order valence-electron chi connectivity index (χ4n) is 4.72. The summed E-state index contributed by atoms with van der Waals surface area (Å²) in [6.07, 6.45) is 3.23. The highest BCUT2D eigenvalue weighted by molar-refractivity contribution is 5.93. The molecule has 0 bridgehead atoms. The van der Waals surface area contributed by atoms with Gasteiger partial charge in [-0.1, -0.05) is 29.8 Å². The monoisotopic (exact) mass is 497 g/mol. The lowest BCUT2D eigenvalue weighted by atomic mass is 9.97. The second kappa shape index (κ2) is 10.8. The Morgan fingerprint density at radius 2 is 1.89 bits per heavy atom. The number of fused-ring (bicyclic) bond motifs is 1. The van der Waals surface area contributed by atoms with Crippen LogP contribution in [0.3, 0.4) is 0 Å². The van der Waals surface area contributed by atoms with Crippen LogP contribution in [0.4, 0.5) is 11.5 Å². The van der Waals surface area contributed by atoms with E-state index in [4.69, 9.17) is 9.72 Å². The molecule has 1 aliphatic heterocycles. The first kappa shape index (κ1) is 24.5. The van der Waals surface area contributed by atoms with Gasteiger partial charge < -0.3 is 15.0 Å². The standard InChI is InChI=1S/C29H31N5O3/c1-3-37-24-14-12-23(13-15-24)31-28(35)22-6-5-17-33(19-22)27-29(36)34(18-21-10-8-20(2)9-11-21)26-25(32-27)7-4-16-30-26/h4,7-16,22H,3,5-6,17-19H2,1-2H3,(H,31,35)/t22-/m1/s1. The minimum atomic E-state index is -0.253. The number of hydrogen-bond acceptors (Lipinski definition) is 6. The van der Waals surface area contributed by atoms with Gasteiger partial charge in [0.05, 0.1) is 19.1 Å². The van der Waals surface area contributed by atoms with Crippen LogP contribution < -0.4 is 20.5 Å². The quantitative estimate of drug-likeness (QED) is 0.407. The summed E-state index contributed by atoms with van der Waals surface area (Å²) in [6.45, 7) is 6.07. The van der Waals surface area contributed by atoms with Crippen molar-refractivity contribution in [2.45, 2.75) is 33.2 Å². The van der Waals surface area contributed by atoms with Gasteiger partial charge in [0.2, 0.25) is 5.91 Å². The van der Waals surface area contributed by atoms with E-state index in [9.17, 15) is 9.59 Å². The Bertz CT molecular complexity index is 1450. The maximum absolute atomic E-state index is 13.7. The van der Waals surface area contributed by atoms with Gasteiger partial charge >= 0.3 is 0 Å². The van der Waals surface area contributed by atoms with Crippen LogP contribution in [0.2, 0.25) is 0 Å². The van der Waals surface area contributed by atoms with E-state index in [-0.39, 0.29) is 17.4 Å². The van der Waals surface area contributed by atoms with Crippen molar-refractivity contribution in [3.8, 4) is 5.75 Å². The topological polar surface area (TPSA) is 89.3 Å². The van der Waals surface area contributed by atoms with E-state index >= 15 is 0 Å². The van der Waals surface area contributed by atoms with Crippen molar-refractivity contribution in [3.63, 3.8) is 0 Å². The Kier molecular flexibility index (Phi) is 7.16. The van der Waals surface area contributed by atoms with Crippen molar-refractivity contribution >= 4 is 28.6 Å². The number of nitrogens with one attached hydrogen (secondary N) is 1. The van der Waals surface area contributed by atoms with Crippen molar-refractivity contribution in [1.29, 1.82) is 0 Å². The molecule has 37 heavy (non-hydrogen) atoms. The Morgan fingerprint density at radius 3 is 2.65 bits per heavy atom. The van der Waals surface area contributed by atoms with Crippen molar-refractivity contribution < 1.29 is 9.53 Å². The summed E-state index contributed by atoms with van der Waals surface area (Å²) in [6, 6.07) is 19.2. The number of carbonyl (C=O) groups is 1. The molecule has 4 aromatic rings. The number of carbonyl (C=O) groups excluding carboxylic acids is 1. The fraction of sp³-hybridized carbons (Fsp3) is 0.310. The Balaban J connectivity index is 1.39. The van der Waals surface area contributed by atoms with E-state index in [0.29, 0.717) is 43.2 Å². The molecule has 0 spiro atoms. The van der Waals surface area contributed by atoms with Gasteiger partial charge in [0.15, 0.2) is 11.5 Å². The lowest BCUT2D eigenvalue weighted by molar-refractivity contribution is -0.120. The van der Waals surface area contributed by atoms with E-state index < -0.39 is 0 Å². The molecular formula is C29H31N5O3. The average molecular weight is 498 g/mol. The lowest BCUT2D eigenvalue weighted by Crippen LogP contribution is -2.44. The van der Waals surface area contributed by atoms with Gasteiger partial charge in [-0.15, -0.1) is 0 Å². The van der Waals surface area contributed by atoms with Crippen molar-refractivity contribution in [2.24, 2.45) is 5.92 Å². The number of pyridine rings is 1. The summed E-state index contributed by atoms with van der Waals surface area (Å²) >= 11 is 0. The molecule has 1 atom stereocenters. The Labute approximate surface area is 215 Å². The number of aryl methyl sites for hydroxylation is 1. The smallest absolute Gasteiger partial charge is 0.295 e. The van der Waals surface area contributed by atoms with Gasteiger partial charge in [-0.3, -0.25) is 14.2 Å². The molecule has 5 rings (SSSR count). The van der Waals surface area contributed by atoms with Gasteiger partial charge in [-0.2, -0.15) is 0 Å². The van der Waals surface area contributed by atoms with Crippen molar-refractivity contribution in [2.75, 3.05) is 29.9 Å². The minimum absolute atomic E-state index is 0.0590. The molecule has 1 N–H and O–H groups in total. The first-order valence-electron chi connectivity index (χ1n) is 12.7. The summed E-state index contributed by atoms with van der Waals surface area (Å²) in [4.78, 5) is 37.9. The summed E-state index contributed by atoms with van der Waals surface area (Å²) < 4.78 is 7.16. The highest BCUT2D eigenvalue weighted by atomic mass is 16.5. The van der Waals surface area contributed by atoms with Crippen LogP contribution in [0, 0.1) is 12.8 Å². The lowest BCUT2D eigenvalue weighted by Gasteiger charge is -2.32. The fourth-order valence-corrected chi connectivity index (χ4v) is 4.72. The number of nitrogens with zero attached hydrogens (tertiary/aromatic N) is 4. The maximum Gasteiger partial charge on any atom is 0.295 e. The predicted molar refractivity (Wildman–Crippen MR) is 145 cm³/mol. The van der Waals surface area contributed by atoms with Crippen LogP contribution in [-0.2, 0) is 11.3 Å². The van der Waals surface area contributed by atoms with E-state index in [2.05, 4.69) is 10.3 Å². The van der Waals surface area contributed by atoms with Gasteiger partial charge in [-0.05, 0) is 68.7 Å². The summed E-state index contributed by atoms with van der Waals surface area (Å²) in [5.74, 6) is 0.822. The average Bonchev–Trinajstić information content (AvgIpc) is 2.92. The number of aromatic nitrogens is 3. The zero-order valence-corrected chi connectivity index (χ0v) is 21.2. The molecule has 1 amide bonds. The molecule has 8 nitrogen and oxygen atoms in total. The summed E-state index contributed by atoms with van der Waals surface area (Å²) in [5, 5.41) is 3.01. The van der Waals surface area contributed by atoms with Crippen LogP contribution in [-0.4, -0.2) is 40.1 Å². The van der Waals surface area contributed by atoms with E-state index in [1.807, 2.05) is 79.4 Å². The molecule has 0 aliphatic carbocycles. The van der Waals surface area contributed by atoms with Crippen LogP contribution in [0.5, 0.6) is 5.75 Å². The van der Waals surface area contributed by atoms with Crippen molar-refractivity contribution in [3.05, 3.63) is 88.3 Å². The predicted octanol–water partition coefficient (Wildman–Crippen LogP) is 4.40. The molecule has 8 heteroatoms. The molecule has 1 fully saturated rings. The number of ether oxygens (including phenoxy) is 1. The summed E-state index contributed by atoms with van der Waals surface area (Å²) in [7, 11) is 0. The number of rotatable bonds is 7. The van der Waals surface area contributed by atoms with E-state index in [0.717, 1.165) is 35.4 Å². The molecule has 3 heterocycles. The van der Waals surface area contributed by atoms with Gasteiger partial charge in [0, 0.05) is 25.0 Å². The highest BCUT2D eigenvalue weighted by Gasteiger charge is 2.29. The number of piperidine rings is 1. The first-order valence-corrected chi connectivity index (χ1v) is 12.7. The summed E-state index contributed by atoms with van der Waals surface area (Å²) in [5.41, 5.74) is 3.92. The van der Waals surface area contributed by atoms with Gasteiger partial charge in [0.25, 0.3) is 5.56 Å². The molecule has 190 valence electrons. The van der Waals surface area contributed by atoms with E-state index in [1.165, 1.54) is 0 Å². The molecule has 2 aromatic carbocycles. The molecular weight excluding hydrogens is 466 g/mol. The number of anilines is 2. The third-order valence-corrected chi connectivity index (χ3v) is 6.67. The van der Waals surface area contributed by atoms with Crippen LogP contribution in [0.15, 0.2) is 71.7 Å². The van der Waals surface area contributed by atoms with Gasteiger partial charge in [-0.25, -0.2) is 9.97 Å². The largest absolute Gasteiger partial charge is 0.494 e. The Hall–Kier alpha value is -4.20. The highest BCUT2D eigenvalue weighted by Crippen LogP contribution is 2.24. The second-order valence-corrected chi connectivity index (χ2v) is 9.39.